The zero-order valence-corrected chi connectivity index (χ0v) is 14.8. The molecule has 8 heteroatoms. The Labute approximate surface area is 139 Å². The molecule has 0 unspecified atom stereocenters. The number of rotatable bonds is 5. The van der Waals surface area contributed by atoms with E-state index in [2.05, 4.69) is 22.3 Å². The second-order valence-corrected chi connectivity index (χ2v) is 8.18. The van der Waals surface area contributed by atoms with Crippen LogP contribution in [0.1, 0.15) is 45.4 Å². The van der Waals surface area contributed by atoms with Crippen molar-refractivity contribution in [3.63, 3.8) is 0 Å². The lowest BCUT2D eigenvalue weighted by Gasteiger charge is -2.27. The highest BCUT2D eigenvalue weighted by Crippen LogP contribution is 2.23. The first-order valence-corrected chi connectivity index (χ1v) is 9.60. The summed E-state index contributed by atoms with van der Waals surface area (Å²) in [4.78, 5) is 11.9. The molecular weight excluding hydrogens is 326 g/mol. The van der Waals surface area contributed by atoms with E-state index in [0.29, 0.717) is 5.92 Å². The van der Waals surface area contributed by atoms with E-state index >= 15 is 0 Å². The molecule has 1 heterocycles. The topological polar surface area (TPSA) is 87.3 Å². The number of halogens is 1. The predicted octanol–water partition coefficient (Wildman–Crippen LogP) is 0.775. The van der Waals surface area contributed by atoms with Crippen LogP contribution in [-0.2, 0) is 14.8 Å². The van der Waals surface area contributed by atoms with Crippen molar-refractivity contribution in [2.45, 2.75) is 57.5 Å². The number of amides is 1. The molecule has 0 aromatic carbocycles. The SMILES string of the molecule is CC1CCC(NS(=O)(=O)CC(=O)NC2CCNCC2)CC1.Cl. The van der Waals surface area contributed by atoms with Gasteiger partial charge in [0.05, 0.1) is 0 Å². The molecule has 1 amide bonds. The maximum atomic E-state index is 12.0. The first-order valence-electron chi connectivity index (χ1n) is 7.95. The maximum Gasteiger partial charge on any atom is 0.236 e. The lowest BCUT2D eigenvalue weighted by atomic mass is 9.88. The van der Waals surface area contributed by atoms with Crippen molar-refractivity contribution in [1.29, 1.82) is 0 Å². The first-order chi connectivity index (χ1) is 9.94. The van der Waals surface area contributed by atoms with Crippen LogP contribution in [0.4, 0.5) is 0 Å². The summed E-state index contributed by atoms with van der Waals surface area (Å²) in [6.07, 6.45) is 5.56. The van der Waals surface area contributed by atoms with Crippen LogP contribution < -0.4 is 15.4 Å². The Hall–Kier alpha value is -0.370. The highest BCUT2D eigenvalue weighted by atomic mass is 35.5. The van der Waals surface area contributed by atoms with Crippen molar-refractivity contribution in [2.75, 3.05) is 18.8 Å². The van der Waals surface area contributed by atoms with E-state index in [1.165, 1.54) is 0 Å². The van der Waals surface area contributed by atoms with Crippen molar-refractivity contribution in [3.8, 4) is 0 Å². The molecule has 2 aliphatic rings. The van der Waals surface area contributed by atoms with E-state index in [1.54, 1.807) is 0 Å². The predicted molar refractivity (Wildman–Crippen MR) is 89.6 cm³/mol. The zero-order chi connectivity index (χ0) is 15.3. The van der Waals surface area contributed by atoms with Gasteiger partial charge in [-0.25, -0.2) is 13.1 Å². The minimum absolute atomic E-state index is 0. The summed E-state index contributed by atoms with van der Waals surface area (Å²) >= 11 is 0. The molecule has 2 rings (SSSR count). The van der Waals surface area contributed by atoms with Gasteiger partial charge in [-0.1, -0.05) is 6.92 Å². The van der Waals surface area contributed by atoms with Crippen LogP contribution in [0.2, 0.25) is 0 Å². The zero-order valence-electron chi connectivity index (χ0n) is 13.1. The van der Waals surface area contributed by atoms with E-state index in [-0.39, 0.29) is 24.5 Å². The van der Waals surface area contributed by atoms with E-state index in [1.807, 2.05) is 0 Å². The number of carbonyl (C=O) groups excluding carboxylic acids is 1. The third-order valence-electron chi connectivity index (χ3n) is 4.39. The van der Waals surface area contributed by atoms with Gasteiger partial charge in [0.15, 0.2) is 0 Å². The summed E-state index contributed by atoms with van der Waals surface area (Å²) in [7, 11) is -3.53. The van der Waals surface area contributed by atoms with Crippen LogP contribution in [0.5, 0.6) is 0 Å². The van der Waals surface area contributed by atoms with Crippen molar-refractivity contribution >= 4 is 28.3 Å². The Morgan fingerprint density at radius 2 is 1.64 bits per heavy atom. The fraction of sp³-hybridized carbons (Fsp3) is 0.929. The van der Waals surface area contributed by atoms with Gasteiger partial charge < -0.3 is 10.6 Å². The van der Waals surface area contributed by atoms with Gasteiger partial charge in [-0.3, -0.25) is 4.79 Å². The summed E-state index contributed by atoms with van der Waals surface area (Å²) in [5, 5.41) is 6.03. The molecule has 0 spiro atoms. The summed E-state index contributed by atoms with van der Waals surface area (Å²) in [6, 6.07) is 0.0994. The third kappa shape index (κ3) is 6.81. The standard InChI is InChI=1S/C14H27N3O3S.ClH/c1-11-2-4-13(5-3-11)17-21(19,20)10-14(18)16-12-6-8-15-9-7-12;/h11-13,15,17H,2-10H2,1H3,(H,16,18);1H. The second-order valence-electron chi connectivity index (χ2n) is 6.43. The van der Waals surface area contributed by atoms with Crippen molar-refractivity contribution in [3.05, 3.63) is 0 Å². The van der Waals surface area contributed by atoms with E-state index in [4.69, 9.17) is 0 Å². The third-order valence-corrected chi connectivity index (χ3v) is 5.72. The Balaban J connectivity index is 0.00000242. The van der Waals surface area contributed by atoms with Gasteiger partial charge in [-0.15, -0.1) is 12.4 Å². The van der Waals surface area contributed by atoms with Gasteiger partial charge >= 0.3 is 0 Å². The highest BCUT2D eigenvalue weighted by molar-refractivity contribution is 7.90. The molecule has 1 aliphatic carbocycles. The molecule has 1 saturated heterocycles. The molecule has 3 N–H and O–H groups in total. The van der Waals surface area contributed by atoms with Gasteiger partial charge in [-0.05, 0) is 57.5 Å². The lowest BCUT2D eigenvalue weighted by Crippen LogP contribution is -2.47. The van der Waals surface area contributed by atoms with Crippen LogP contribution in [0, 0.1) is 5.92 Å². The lowest BCUT2D eigenvalue weighted by molar-refractivity contribution is -0.119. The van der Waals surface area contributed by atoms with Crippen LogP contribution >= 0.6 is 12.4 Å². The van der Waals surface area contributed by atoms with Crippen molar-refractivity contribution in [2.24, 2.45) is 5.92 Å². The smallest absolute Gasteiger partial charge is 0.236 e. The van der Waals surface area contributed by atoms with Gasteiger partial charge in [-0.2, -0.15) is 0 Å². The summed E-state index contributed by atoms with van der Waals surface area (Å²) < 4.78 is 26.8. The maximum absolute atomic E-state index is 12.0. The Bertz CT molecular complexity index is 444. The largest absolute Gasteiger partial charge is 0.352 e. The number of sulfonamides is 1. The number of piperidine rings is 1. The minimum Gasteiger partial charge on any atom is -0.352 e. The van der Waals surface area contributed by atoms with Crippen LogP contribution in [0.15, 0.2) is 0 Å². The van der Waals surface area contributed by atoms with Gasteiger partial charge in [0, 0.05) is 12.1 Å². The summed E-state index contributed by atoms with van der Waals surface area (Å²) in [5.74, 6) is -0.171. The molecule has 0 bridgehead atoms. The van der Waals surface area contributed by atoms with E-state index in [0.717, 1.165) is 51.6 Å². The second kappa shape index (κ2) is 9.05. The monoisotopic (exact) mass is 353 g/mol. The molecule has 2 fully saturated rings. The molecule has 1 saturated carbocycles. The average Bonchev–Trinajstić information content (AvgIpc) is 2.41. The summed E-state index contributed by atoms with van der Waals surface area (Å²) in [5.41, 5.74) is 0. The summed E-state index contributed by atoms with van der Waals surface area (Å²) in [6.45, 7) is 3.93. The quantitative estimate of drug-likeness (QED) is 0.681. The molecule has 130 valence electrons. The van der Waals surface area contributed by atoms with Gasteiger partial charge in [0.2, 0.25) is 15.9 Å². The fourth-order valence-corrected chi connectivity index (χ4v) is 4.34. The number of hydrogen-bond acceptors (Lipinski definition) is 4. The first kappa shape index (κ1) is 19.7. The molecular formula is C14H28ClN3O3S. The molecule has 0 radical (unpaired) electrons. The van der Waals surface area contributed by atoms with Gasteiger partial charge in [0.25, 0.3) is 0 Å². The number of nitrogens with one attached hydrogen (secondary N) is 3. The van der Waals surface area contributed by atoms with E-state index < -0.39 is 21.7 Å². The van der Waals surface area contributed by atoms with Crippen molar-refractivity contribution in [1.82, 2.24) is 15.4 Å². The van der Waals surface area contributed by atoms with E-state index in [9.17, 15) is 13.2 Å². The molecule has 6 nitrogen and oxygen atoms in total. The molecule has 1 aliphatic heterocycles. The van der Waals surface area contributed by atoms with Crippen LogP contribution in [-0.4, -0.2) is 45.3 Å². The normalized spacial score (nSPS) is 27.0. The Morgan fingerprint density at radius 1 is 1.05 bits per heavy atom. The Morgan fingerprint density at radius 3 is 2.23 bits per heavy atom. The highest BCUT2D eigenvalue weighted by Gasteiger charge is 2.25. The average molecular weight is 354 g/mol. The molecule has 0 aromatic rings. The van der Waals surface area contributed by atoms with Crippen LogP contribution in [0.25, 0.3) is 0 Å². The molecule has 0 aromatic heterocycles. The number of carbonyl (C=O) groups is 1. The van der Waals surface area contributed by atoms with Gasteiger partial charge in [0.1, 0.15) is 5.75 Å². The number of hydrogen-bond donors (Lipinski definition) is 3. The Kier molecular flexibility index (Phi) is 8.10. The minimum atomic E-state index is -3.53. The molecule has 0 atom stereocenters. The fourth-order valence-electron chi connectivity index (χ4n) is 3.08. The van der Waals surface area contributed by atoms with Crippen LogP contribution in [0.3, 0.4) is 0 Å². The molecule has 22 heavy (non-hydrogen) atoms. The van der Waals surface area contributed by atoms with Crippen molar-refractivity contribution < 1.29 is 13.2 Å².